The molecule has 0 aliphatic carbocycles. The van der Waals surface area contributed by atoms with Gasteiger partial charge in [0.1, 0.15) is 5.78 Å². The summed E-state index contributed by atoms with van der Waals surface area (Å²) < 4.78 is 0. The summed E-state index contributed by atoms with van der Waals surface area (Å²) in [6.07, 6.45) is 2.92. The van der Waals surface area contributed by atoms with Crippen molar-refractivity contribution in [3.05, 3.63) is 77.9 Å². The number of Topliss-reactive ketones (excluding diaryl/α,β-unsaturated/α-hetero) is 1. The summed E-state index contributed by atoms with van der Waals surface area (Å²) in [4.78, 5) is 25.3. The molecular weight excluding hydrogens is 310 g/mol. The van der Waals surface area contributed by atoms with Gasteiger partial charge in [-0.25, -0.2) is 0 Å². The van der Waals surface area contributed by atoms with Gasteiger partial charge in [-0.05, 0) is 30.0 Å². The van der Waals surface area contributed by atoms with Gasteiger partial charge in [0, 0.05) is 13.1 Å². The Hall–Kier alpha value is -2.68. The third-order valence-electron chi connectivity index (χ3n) is 3.93. The van der Waals surface area contributed by atoms with Crippen LogP contribution in [0.1, 0.15) is 37.8 Å². The average molecular weight is 335 g/mol. The first-order chi connectivity index (χ1) is 12.1. The van der Waals surface area contributed by atoms with E-state index >= 15 is 0 Å². The molecule has 2 rings (SSSR count). The number of nitrogens with zero attached hydrogens (tertiary/aromatic N) is 1. The summed E-state index contributed by atoms with van der Waals surface area (Å²) in [6, 6.07) is 20.3. The molecule has 0 aliphatic heterocycles. The van der Waals surface area contributed by atoms with Gasteiger partial charge in [-0.3, -0.25) is 9.59 Å². The lowest BCUT2D eigenvalue weighted by Crippen LogP contribution is -2.33. The van der Waals surface area contributed by atoms with E-state index in [1.54, 1.807) is 4.90 Å². The molecule has 0 heterocycles. The lowest BCUT2D eigenvalue weighted by atomic mass is 9.97. The van der Waals surface area contributed by atoms with E-state index in [0.717, 1.165) is 23.1 Å². The van der Waals surface area contributed by atoms with E-state index in [1.807, 2.05) is 43.3 Å². The van der Waals surface area contributed by atoms with Crippen molar-refractivity contribution in [3.8, 4) is 0 Å². The summed E-state index contributed by atoms with van der Waals surface area (Å²) >= 11 is 0. The van der Waals surface area contributed by atoms with Crippen LogP contribution in [-0.4, -0.2) is 29.7 Å². The molecule has 0 aromatic heterocycles. The first-order valence-electron chi connectivity index (χ1n) is 8.70. The molecule has 130 valence electrons. The number of amides is 1. The highest BCUT2D eigenvalue weighted by Gasteiger charge is 2.14. The summed E-state index contributed by atoms with van der Waals surface area (Å²) in [7, 11) is 0. The highest BCUT2D eigenvalue weighted by atomic mass is 16.2. The summed E-state index contributed by atoms with van der Waals surface area (Å²) in [5, 5.41) is 0. The summed E-state index contributed by atoms with van der Waals surface area (Å²) in [5.41, 5.74) is 3.33. The summed E-state index contributed by atoms with van der Waals surface area (Å²) in [5.74, 6) is -0.201. The molecule has 0 N–H and O–H groups in total. The zero-order chi connectivity index (χ0) is 18.1. The molecule has 0 saturated heterocycles. The van der Waals surface area contributed by atoms with Gasteiger partial charge in [-0.1, -0.05) is 73.7 Å². The van der Waals surface area contributed by atoms with Crippen molar-refractivity contribution in [2.24, 2.45) is 0 Å². The molecule has 0 aliphatic rings. The minimum Gasteiger partial charge on any atom is -0.339 e. The highest BCUT2D eigenvalue weighted by Crippen LogP contribution is 2.23. The minimum absolute atomic E-state index is 0.0279. The molecule has 0 fully saturated rings. The second-order valence-corrected chi connectivity index (χ2v) is 6.07. The van der Waals surface area contributed by atoms with Crippen LogP contribution in [0.3, 0.4) is 0 Å². The van der Waals surface area contributed by atoms with Gasteiger partial charge >= 0.3 is 0 Å². The molecular formula is C22H25NO2. The Morgan fingerprint density at radius 2 is 1.44 bits per heavy atom. The van der Waals surface area contributed by atoms with Crippen LogP contribution >= 0.6 is 0 Å². The predicted octanol–water partition coefficient (Wildman–Crippen LogP) is 4.34. The lowest BCUT2D eigenvalue weighted by molar-refractivity contribution is -0.134. The van der Waals surface area contributed by atoms with Crippen LogP contribution in [0.5, 0.6) is 0 Å². The number of carbonyl (C=O) groups is 2. The van der Waals surface area contributed by atoms with Crippen molar-refractivity contribution in [1.82, 2.24) is 4.90 Å². The highest BCUT2D eigenvalue weighted by molar-refractivity contribution is 5.97. The first-order valence-corrected chi connectivity index (χ1v) is 8.70. The normalized spacial score (nSPS) is 10.2. The summed E-state index contributed by atoms with van der Waals surface area (Å²) in [6.45, 7) is 4.64. The first kappa shape index (κ1) is 18.7. The van der Waals surface area contributed by atoms with E-state index < -0.39 is 0 Å². The second-order valence-electron chi connectivity index (χ2n) is 6.07. The van der Waals surface area contributed by atoms with Crippen molar-refractivity contribution in [2.45, 2.75) is 26.7 Å². The predicted molar refractivity (Wildman–Crippen MR) is 102 cm³/mol. The van der Waals surface area contributed by atoms with E-state index in [1.165, 1.54) is 6.92 Å². The number of hydrogen-bond acceptors (Lipinski definition) is 2. The Bertz CT molecular complexity index is 679. The zero-order valence-electron chi connectivity index (χ0n) is 14.9. The van der Waals surface area contributed by atoms with Crippen molar-refractivity contribution in [2.75, 3.05) is 13.1 Å². The number of ketones is 1. The number of carbonyl (C=O) groups excluding carboxylic acids is 2. The smallest absolute Gasteiger partial charge is 0.230 e. The molecule has 1 amide bonds. The number of hydrogen-bond donors (Lipinski definition) is 0. The zero-order valence-corrected chi connectivity index (χ0v) is 14.9. The lowest BCUT2D eigenvalue weighted by Gasteiger charge is -2.21. The van der Waals surface area contributed by atoms with E-state index in [0.29, 0.717) is 13.1 Å². The van der Waals surface area contributed by atoms with Gasteiger partial charge in [0.25, 0.3) is 0 Å². The van der Waals surface area contributed by atoms with Gasteiger partial charge in [0.05, 0.1) is 6.42 Å². The third kappa shape index (κ3) is 5.71. The van der Waals surface area contributed by atoms with Crippen LogP contribution in [0, 0.1) is 0 Å². The Labute approximate surface area is 150 Å². The second kappa shape index (κ2) is 9.58. The monoisotopic (exact) mass is 335 g/mol. The van der Waals surface area contributed by atoms with Crippen molar-refractivity contribution >= 4 is 17.3 Å². The molecule has 2 aromatic carbocycles. The van der Waals surface area contributed by atoms with Crippen LogP contribution in [0.15, 0.2) is 66.7 Å². The Balaban J connectivity index is 2.29. The van der Waals surface area contributed by atoms with Crippen molar-refractivity contribution < 1.29 is 9.59 Å². The molecule has 0 spiro atoms. The van der Waals surface area contributed by atoms with Crippen LogP contribution < -0.4 is 0 Å². The quantitative estimate of drug-likeness (QED) is 0.673. The van der Waals surface area contributed by atoms with Gasteiger partial charge < -0.3 is 4.90 Å². The standard InChI is InChI=1S/C22H25NO2/c1-3-15-23(22(25)17-18(2)24)16-14-21(19-10-6-4-7-11-19)20-12-8-5-9-13-20/h4-14H,3,15-17H2,1-2H3. The number of benzene rings is 2. The SMILES string of the molecule is CCCN(CC=C(c1ccccc1)c1ccccc1)C(=O)CC(C)=O. The van der Waals surface area contributed by atoms with Gasteiger partial charge in [0.2, 0.25) is 5.91 Å². The molecule has 0 bridgehead atoms. The Morgan fingerprint density at radius 3 is 1.88 bits per heavy atom. The minimum atomic E-state index is -0.105. The molecule has 0 atom stereocenters. The van der Waals surface area contributed by atoms with Crippen LogP contribution in [0.25, 0.3) is 5.57 Å². The molecule has 2 aromatic rings. The van der Waals surface area contributed by atoms with Crippen molar-refractivity contribution in [3.63, 3.8) is 0 Å². The third-order valence-corrected chi connectivity index (χ3v) is 3.93. The molecule has 3 nitrogen and oxygen atoms in total. The Kier molecular flexibility index (Phi) is 7.15. The Morgan fingerprint density at radius 1 is 0.920 bits per heavy atom. The molecule has 0 saturated carbocycles. The fourth-order valence-electron chi connectivity index (χ4n) is 2.75. The topological polar surface area (TPSA) is 37.4 Å². The molecule has 3 heteroatoms. The maximum Gasteiger partial charge on any atom is 0.230 e. The van der Waals surface area contributed by atoms with Crippen LogP contribution in [-0.2, 0) is 9.59 Å². The van der Waals surface area contributed by atoms with Gasteiger partial charge in [0.15, 0.2) is 0 Å². The largest absolute Gasteiger partial charge is 0.339 e. The van der Waals surface area contributed by atoms with Crippen LogP contribution in [0.2, 0.25) is 0 Å². The fraction of sp³-hybridized carbons (Fsp3) is 0.273. The maximum atomic E-state index is 12.3. The fourth-order valence-corrected chi connectivity index (χ4v) is 2.75. The molecule has 0 unspecified atom stereocenters. The molecule has 25 heavy (non-hydrogen) atoms. The molecule has 0 radical (unpaired) electrons. The van der Waals surface area contributed by atoms with Crippen LogP contribution in [0.4, 0.5) is 0 Å². The van der Waals surface area contributed by atoms with E-state index in [9.17, 15) is 9.59 Å². The van der Waals surface area contributed by atoms with E-state index in [4.69, 9.17) is 0 Å². The maximum absolute atomic E-state index is 12.3. The van der Waals surface area contributed by atoms with Gasteiger partial charge in [-0.15, -0.1) is 0 Å². The van der Waals surface area contributed by atoms with E-state index in [-0.39, 0.29) is 18.1 Å². The van der Waals surface area contributed by atoms with Gasteiger partial charge in [-0.2, -0.15) is 0 Å². The van der Waals surface area contributed by atoms with Crippen molar-refractivity contribution in [1.29, 1.82) is 0 Å². The average Bonchev–Trinajstić information content (AvgIpc) is 2.62. The number of rotatable bonds is 8. The van der Waals surface area contributed by atoms with E-state index in [2.05, 4.69) is 30.3 Å².